The highest BCUT2D eigenvalue weighted by Crippen LogP contribution is 2.25. The van der Waals surface area contributed by atoms with Crippen molar-refractivity contribution in [2.45, 2.75) is 13.0 Å². The van der Waals surface area contributed by atoms with Crippen LogP contribution >= 0.6 is 0 Å². The van der Waals surface area contributed by atoms with E-state index in [4.69, 9.17) is 4.74 Å². The van der Waals surface area contributed by atoms with Crippen LogP contribution in [-0.4, -0.2) is 17.6 Å². The molecule has 0 aliphatic carbocycles. The van der Waals surface area contributed by atoms with Gasteiger partial charge in [0.1, 0.15) is 0 Å². The molecule has 5 heteroatoms. The zero-order chi connectivity index (χ0) is 13.0. The molecule has 1 aromatic heterocycles. The Hall–Kier alpha value is -2.30. The van der Waals surface area contributed by atoms with E-state index in [0.717, 1.165) is 5.39 Å². The summed E-state index contributed by atoms with van der Waals surface area (Å²) in [5.74, 6) is -0.648. The molecule has 0 fully saturated rings. The Bertz CT molecular complexity index is 578. The average Bonchev–Trinajstić information content (AvgIpc) is 2.40. The fraction of sp³-hybridized carbons (Fsp3) is 0.231. The zero-order valence-corrected chi connectivity index (χ0v) is 9.87. The van der Waals surface area contributed by atoms with Gasteiger partial charge in [0.15, 0.2) is 0 Å². The van der Waals surface area contributed by atoms with Crippen molar-refractivity contribution in [1.29, 1.82) is 0 Å². The molecule has 5 nitrogen and oxygen atoms in total. The monoisotopic (exact) mass is 244 g/mol. The van der Waals surface area contributed by atoms with E-state index in [9.17, 15) is 9.70 Å². The Labute approximate surface area is 104 Å². The standard InChI is InChI=1S/C13H12N2O3/c1-2-18-13(16)12(15-17)10-7-3-5-9-6-4-8-14-11(9)10/h3-8,12H,2H2,1H3. The third-order valence-electron chi connectivity index (χ3n) is 2.57. The van der Waals surface area contributed by atoms with E-state index in [1.807, 2.05) is 12.1 Å². The Kier molecular flexibility index (Phi) is 3.62. The van der Waals surface area contributed by atoms with Gasteiger partial charge in [0, 0.05) is 17.1 Å². The van der Waals surface area contributed by atoms with Gasteiger partial charge in [-0.25, -0.2) is 4.79 Å². The van der Waals surface area contributed by atoms with Crippen LogP contribution in [0.1, 0.15) is 18.5 Å². The number of benzene rings is 1. The Balaban J connectivity index is 2.51. The first-order chi connectivity index (χ1) is 8.77. The van der Waals surface area contributed by atoms with Crippen molar-refractivity contribution in [2.24, 2.45) is 5.18 Å². The topological polar surface area (TPSA) is 68.6 Å². The predicted molar refractivity (Wildman–Crippen MR) is 66.9 cm³/mol. The summed E-state index contributed by atoms with van der Waals surface area (Å²) in [5.41, 5.74) is 1.07. The number of nitroso groups, excluding NO2 is 1. The molecule has 0 amide bonds. The molecule has 0 saturated heterocycles. The molecule has 1 atom stereocenters. The van der Waals surface area contributed by atoms with E-state index in [1.54, 1.807) is 31.3 Å². The summed E-state index contributed by atoms with van der Waals surface area (Å²) in [4.78, 5) is 26.7. The molecular weight excluding hydrogens is 232 g/mol. The maximum Gasteiger partial charge on any atom is 0.339 e. The van der Waals surface area contributed by atoms with Gasteiger partial charge >= 0.3 is 5.97 Å². The smallest absolute Gasteiger partial charge is 0.339 e. The number of nitrogens with zero attached hydrogens (tertiary/aromatic N) is 2. The second kappa shape index (κ2) is 5.35. The maximum atomic E-state index is 11.7. The molecule has 18 heavy (non-hydrogen) atoms. The van der Waals surface area contributed by atoms with Gasteiger partial charge in [-0.2, -0.15) is 0 Å². The molecule has 0 N–H and O–H groups in total. The van der Waals surface area contributed by atoms with Crippen LogP contribution in [0, 0.1) is 4.91 Å². The number of carbonyl (C=O) groups is 1. The van der Waals surface area contributed by atoms with Crippen molar-refractivity contribution >= 4 is 16.9 Å². The lowest BCUT2D eigenvalue weighted by molar-refractivity contribution is -0.144. The highest BCUT2D eigenvalue weighted by molar-refractivity contribution is 5.88. The van der Waals surface area contributed by atoms with Gasteiger partial charge in [0.2, 0.25) is 6.04 Å². The van der Waals surface area contributed by atoms with E-state index < -0.39 is 12.0 Å². The molecule has 0 aliphatic rings. The molecule has 2 aromatic rings. The zero-order valence-electron chi connectivity index (χ0n) is 9.87. The van der Waals surface area contributed by atoms with Gasteiger partial charge in [-0.3, -0.25) is 4.98 Å². The van der Waals surface area contributed by atoms with E-state index in [1.165, 1.54) is 0 Å². The molecule has 1 heterocycles. The van der Waals surface area contributed by atoms with Crippen LogP contribution in [0.25, 0.3) is 10.9 Å². The van der Waals surface area contributed by atoms with Crippen LogP contribution in [0.5, 0.6) is 0 Å². The minimum absolute atomic E-state index is 0.211. The van der Waals surface area contributed by atoms with Crippen molar-refractivity contribution in [3.8, 4) is 0 Å². The highest BCUT2D eigenvalue weighted by atomic mass is 16.5. The fourth-order valence-corrected chi connectivity index (χ4v) is 1.80. The summed E-state index contributed by atoms with van der Waals surface area (Å²) < 4.78 is 4.84. The third-order valence-corrected chi connectivity index (χ3v) is 2.57. The third kappa shape index (κ3) is 2.20. The van der Waals surface area contributed by atoms with Crippen molar-refractivity contribution in [3.05, 3.63) is 47.0 Å². The lowest BCUT2D eigenvalue weighted by Crippen LogP contribution is -2.14. The van der Waals surface area contributed by atoms with Crippen molar-refractivity contribution in [3.63, 3.8) is 0 Å². The number of ether oxygens (including phenoxy) is 1. The minimum Gasteiger partial charge on any atom is -0.464 e. The van der Waals surface area contributed by atoms with E-state index in [-0.39, 0.29) is 6.61 Å². The minimum atomic E-state index is -1.16. The summed E-state index contributed by atoms with van der Waals surface area (Å²) in [5, 5.41) is 3.72. The van der Waals surface area contributed by atoms with E-state index in [2.05, 4.69) is 10.2 Å². The molecule has 0 saturated carbocycles. The first kappa shape index (κ1) is 12.2. The van der Waals surface area contributed by atoms with Crippen LogP contribution < -0.4 is 0 Å². The number of aromatic nitrogens is 1. The van der Waals surface area contributed by atoms with Crippen LogP contribution in [-0.2, 0) is 9.53 Å². The molecule has 0 radical (unpaired) electrons. The van der Waals surface area contributed by atoms with E-state index in [0.29, 0.717) is 11.1 Å². The molecule has 1 aromatic carbocycles. The molecular formula is C13H12N2O3. The first-order valence-electron chi connectivity index (χ1n) is 5.60. The molecule has 0 bridgehead atoms. The largest absolute Gasteiger partial charge is 0.464 e. The lowest BCUT2D eigenvalue weighted by atomic mass is 10.0. The van der Waals surface area contributed by atoms with Crippen LogP contribution in [0.2, 0.25) is 0 Å². The lowest BCUT2D eigenvalue weighted by Gasteiger charge is -2.10. The molecule has 0 aliphatic heterocycles. The second-order valence-electron chi connectivity index (χ2n) is 3.68. The van der Waals surface area contributed by atoms with Crippen LogP contribution in [0.3, 0.4) is 0 Å². The van der Waals surface area contributed by atoms with Gasteiger partial charge in [-0.05, 0) is 18.2 Å². The molecule has 0 spiro atoms. The van der Waals surface area contributed by atoms with Crippen LogP contribution in [0.4, 0.5) is 0 Å². The number of esters is 1. The van der Waals surface area contributed by atoms with Gasteiger partial charge in [0.25, 0.3) is 0 Å². The SMILES string of the molecule is CCOC(=O)C(N=O)c1cccc2cccnc12. The normalized spacial score (nSPS) is 12.1. The van der Waals surface area contributed by atoms with Crippen molar-refractivity contribution in [1.82, 2.24) is 4.98 Å². The Morgan fingerprint density at radius 2 is 2.17 bits per heavy atom. The Morgan fingerprint density at radius 1 is 1.39 bits per heavy atom. The summed E-state index contributed by atoms with van der Waals surface area (Å²) in [6.45, 7) is 1.89. The van der Waals surface area contributed by atoms with Crippen molar-refractivity contribution < 1.29 is 9.53 Å². The first-order valence-corrected chi connectivity index (χ1v) is 5.60. The number of fused-ring (bicyclic) bond motifs is 1. The molecule has 1 unspecified atom stereocenters. The van der Waals surface area contributed by atoms with Gasteiger partial charge in [-0.15, -0.1) is 4.91 Å². The summed E-state index contributed by atoms with van der Waals surface area (Å²) in [6, 6.07) is 7.77. The number of carbonyl (C=O) groups excluding carboxylic acids is 1. The summed E-state index contributed by atoms with van der Waals surface area (Å²) >= 11 is 0. The van der Waals surface area contributed by atoms with Gasteiger partial charge in [0.05, 0.1) is 12.1 Å². The highest BCUT2D eigenvalue weighted by Gasteiger charge is 2.25. The Morgan fingerprint density at radius 3 is 2.89 bits per heavy atom. The molecule has 92 valence electrons. The van der Waals surface area contributed by atoms with Crippen molar-refractivity contribution in [2.75, 3.05) is 6.61 Å². The predicted octanol–water partition coefficient (Wildman–Crippen LogP) is 2.61. The summed E-state index contributed by atoms with van der Waals surface area (Å²) in [7, 11) is 0. The number of rotatable bonds is 4. The van der Waals surface area contributed by atoms with Gasteiger partial charge in [-0.1, -0.05) is 24.3 Å². The quantitative estimate of drug-likeness (QED) is 0.612. The maximum absolute atomic E-state index is 11.7. The van der Waals surface area contributed by atoms with Crippen LogP contribution in [0.15, 0.2) is 41.7 Å². The summed E-state index contributed by atoms with van der Waals surface area (Å²) in [6.07, 6.45) is 1.61. The van der Waals surface area contributed by atoms with Gasteiger partial charge < -0.3 is 4.74 Å². The fourth-order valence-electron chi connectivity index (χ4n) is 1.80. The second-order valence-corrected chi connectivity index (χ2v) is 3.68. The average molecular weight is 244 g/mol. The number of hydrogen-bond acceptors (Lipinski definition) is 5. The van der Waals surface area contributed by atoms with E-state index >= 15 is 0 Å². The molecule has 2 rings (SSSR count). The number of hydrogen-bond donors (Lipinski definition) is 0. The number of para-hydroxylation sites is 1. The number of pyridine rings is 1.